The van der Waals surface area contributed by atoms with E-state index in [1.807, 2.05) is 0 Å². The zero-order valence-corrected chi connectivity index (χ0v) is 12.2. The summed E-state index contributed by atoms with van der Waals surface area (Å²) >= 11 is 0. The van der Waals surface area contributed by atoms with Crippen LogP contribution in [0.3, 0.4) is 0 Å². The molecule has 3 nitrogen and oxygen atoms in total. The SMILES string of the molecule is Cc1ccc(C)c(OCCN(C)C2CNC2)c1.Cl. The molecule has 1 aromatic rings. The van der Waals surface area contributed by atoms with Gasteiger partial charge >= 0.3 is 0 Å². The first-order chi connectivity index (χ1) is 8.16. The molecule has 0 radical (unpaired) electrons. The molecule has 1 heterocycles. The summed E-state index contributed by atoms with van der Waals surface area (Å²) in [5.41, 5.74) is 2.46. The third kappa shape index (κ3) is 3.87. The van der Waals surface area contributed by atoms with Crippen molar-refractivity contribution in [3.8, 4) is 5.75 Å². The van der Waals surface area contributed by atoms with Crippen LogP contribution in [-0.4, -0.2) is 44.2 Å². The molecule has 0 saturated carbocycles. The molecule has 1 N–H and O–H groups in total. The van der Waals surface area contributed by atoms with E-state index in [0.29, 0.717) is 6.04 Å². The average Bonchev–Trinajstić information content (AvgIpc) is 2.20. The van der Waals surface area contributed by atoms with Crippen LogP contribution in [0.4, 0.5) is 0 Å². The van der Waals surface area contributed by atoms with E-state index in [9.17, 15) is 0 Å². The summed E-state index contributed by atoms with van der Waals surface area (Å²) in [6.07, 6.45) is 0. The smallest absolute Gasteiger partial charge is 0.122 e. The molecule has 1 aliphatic heterocycles. The number of hydrogen-bond donors (Lipinski definition) is 1. The molecule has 2 rings (SSSR count). The maximum Gasteiger partial charge on any atom is 0.122 e. The van der Waals surface area contributed by atoms with Gasteiger partial charge in [0.05, 0.1) is 0 Å². The van der Waals surface area contributed by atoms with Crippen LogP contribution < -0.4 is 10.1 Å². The number of nitrogens with one attached hydrogen (secondary N) is 1. The summed E-state index contributed by atoms with van der Waals surface area (Å²) in [5.74, 6) is 1.02. The zero-order chi connectivity index (χ0) is 12.3. The van der Waals surface area contributed by atoms with Crippen molar-refractivity contribution in [1.82, 2.24) is 10.2 Å². The van der Waals surface area contributed by atoms with Gasteiger partial charge in [-0.15, -0.1) is 12.4 Å². The van der Waals surface area contributed by atoms with Gasteiger partial charge in [0.1, 0.15) is 12.4 Å². The van der Waals surface area contributed by atoms with E-state index in [-0.39, 0.29) is 12.4 Å². The molecule has 1 aliphatic rings. The maximum atomic E-state index is 5.84. The van der Waals surface area contributed by atoms with Crippen LogP contribution in [0.1, 0.15) is 11.1 Å². The van der Waals surface area contributed by atoms with Gasteiger partial charge < -0.3 is 10.1 Å². The summed E-state index contributed by atoms with van der Waals surface area (Å²) in [5, 5.41) is 3.28. The van der Waals surface area contributed by atoms with Crippen LogP contribution in [-0.2, 0) is 0 Å². The third-order valence-electron chi connectivity index (χ3n) is 3.43. The third-order valence-corrected chi connectivity index (χ3v) is 3.43. The Balaban J connectivity index is 0.00000162. The molecule has 102 valence electrons. The largest absolute Gasteiger partial charge is 0.492 e. The molecular formula is C14H23ClN2O. The zero-order valence-electron chi connectivity index (χ0n) is 11.4. The van der Waals surface area contributed by atoms with Crippen LogP contribution in [0.25, 0.3) is 0 Å². The molecule has 0 unspecified atom stereocenters. The highest BCUT2D eigenvalue weighted by atomic mass is 35.5. The number of nitrogens with zero attached hydrogens (tertiary/aromatic N) is 1. The molecule has 18 heavy (non-hydrogen) atoms. The molecule has 0 aromatic heterocycles. The van der Waals surface area contributed by atoms with E-state index < -0.39 is 0 Å². The number of halogens is 1. The highest BCUT2D eigenvalue weighted by Gasteiger charge is 2.20. The lowest BCUT2D eigenvalue weighted by Crippen LogP contribution is -2.56. The van der Waals surface area contributed by atoms with Gasteiger partial charge in [-0.2, -0.15) is 0 Å². The van der Waals surface area contributed by atoms with Crippen molar-refractivity contribution in [2.45, 2.75) is 19.9 Å². The first-order valence-corrected chi connectivity index (χ1v) is 6.28. The van der Waals surface area contributed by atoms with Crippen LogP contribution >= 0.6 is 12.4 Å². The van der Waals surface area contributed by atoms with E-state index in [0.717, 1.165) is 32.0 Å². The Morgan fingerprint density at radius 1 is 1.33 bits per heavy atom. The lowest BCUT2D eigenvalue weighted by atomic mass is 10.1. The van der Waals surface area contributed by atoms with Crippen molar-refractivity contribution < 1.29 is 4.74 Å². The van der Waals surface area contributed by atoms with Gasteiger partial charge in [-0.1, -0.05) is 12.1 Å². The average molecular weight is 271 g/mol. The van der Waals surface area contributed by atoms with Gasteiger partial charge in [-0.3, -0.25) is 4.90 Å². The van der Waals surface area contributed by atoms with E-state index in [1.54, 1.807) is 0 Å². The Morgan fingerprint density at radius 3 is 2.67 bits per heavy atom. The van der Waals surface area contributed by atoms with E-state index in [1.165, 1.54) is 11.1 Å². The van der Waals surface area contributed by atoms with Crippen molar-refractivity contribution >= 4 is 12.4 Å². The normalized spacial score (nSPS) is 15.1. The molecule has 4 heteroatoms. The molecular weight excluding hydrogens is 248 g/mol. The monoisotopic (exact) mass is 270 g/mol. The van der Waals surface area contributed by atoms with Gasteiger partial charge in [0, 0.05) is 25.7 Å². The number of likely N-dealkylation sites (N-methyl/N-ethyl adjacent to an activating group) is 1. The molecule has 0 aliphatic carbocycles. The predicted octanol–water partition coefficient (Wildman–Crippen LogP) is 2.01. The predicted molar refractivity (Wildman–Crippen MR) is 77.9 cm³/mol. The van der Waals surface area contributed by atoms with Crippen molar-refractivity contribution in [3.63, 3.8) is 0 Å². The summed E-state index contributed by atoms with van der Waals surface area (Å²) in [6, 6.07) is 7.04. The minimum absolute atomic E-state index is 0. The lowest BCUT2D eigenvalue weighted by molar-refractivity contribution is 0.151. The quantitative estimate of drug-likeness (QED) is 0.886. The second-order valence-electron chi connectivity index (χ2n) is 4.91. The topological polar surface area (TPSA) is 24.5 Å². The molecule has 0 amide bonds. The van der Waals surface area contributed by atoms with Crippen molar-refractivity contribution in [3.05, 3.63) is 29.3 Å². The number of hydrogen-bond acceptors (Lipinski definition) is 3. The molecule has 1 fully saturated rings. The molecule has 1 saturated heterocycles. The van der Waals surface area contributed by atoms with Gasteiger partial charge in [-0.25, -0.2) is 0 Å². The summed E-state index contributed by atoms with van der Waals surface area (Å²) < 4.78 is 5.84. The molecule has 0 atom stereocenters. The van der Waals surface area contributed by atoms with E-state index in [4.69, 9.17) is 4.74 Å². The van der Waals surface area contributed by atoms with E-state index >= 15 is 0 Å². The van der Waals surface area contributed by atoms with Gasteiger partial charge in [0.15, 0.2) is 0 Å². The standard InChI is InChI=1S/C14H22N2O.ClH/c1-11-4-5-12(2)14(8-11)17-7-6-16(3)13-9-15-10-13;/h4-5,8,13,15H,6-7,9-10H2,1-3H3;1H. The fraction of sp³-hybridized carbons (Fsp3) is 0.571. The van der Waals surface area contributed by atoms with Gasteiger partial charge in [0.2, 0.25) is 0 Å². The van der Waals surface area contributed by atoms with E-state index in [2.05, 4.69) is 49.3 Å². The first-order valence-electron chi connectivity index (χ1n) is 6.28. The van der Waals surface area contributed by atoms with Crippen LogP contribution in [0, 0.1) is 13.8 Å². The Labute approximate surface area is 116 Å². The fourth-order valence-electron chi connectivity index (χ4n) is 1.93. The fourth-order valence-corrected chi connectivity index (χ4v) is 1.93. The Hall–Kier alpha value is -0.770. The number of aryl methyl sites for hydroxylation is 2. The Morgan fingerprint density at radius 2 is 2.06 bits per heavy atom. The van der Waals surface area contributed by atoms with Crippen LogP contribution in [0.5, 0.6) is 5.75 Å². The van der Waals surface area contributed by atoms with Crippen LogP contribution in [0.15, 0.2) is 18.2 Å². The van der Waals surface area contributed by atoms with Gasteiger partial charge in [0.25, 0.3) is 0 Å². The number of rotatable bonds is 5. The minimum Gasteiger partial charge on any atom is -0.492 e. The van der Waals surface area contributed by atoms with Crippen molar-refractivity contribution in [2.24, 2.45) is 0 Å². The van der Waals surface area contributed by atoms with Crippen molar-refractivity contribution in [2.75, 3.05) is 33.3 Å². The van der Waals surface area contributed by atoms with Crippen molar-refractivity contribution in [1.29, 1.82) is 0 Å². The summed E-state index contributed by atoms with van der Waals surface area (Å²) in [6.45, 7) is 8.16. The summed E-state index contributed by atoms with van der Waals surface area (Å²) in [4.78, 5) is 2.36. The maximum absolute atomic E-state index is 5.84. The van der Waals surface area contributed by atoms with Gasteiger partial charge in [-0.05, 0) is 38.1 Å². The Bertz CT molecular complexity index is 380. The molecule has 0 spiro atoms. The minimum atomic E-state index is 0. The second kappa shape index (κ2) is 6.98. The second-order valence-corrected chi connectivity index (χ2v) is 4.91. The molecule has 0 bridgehead atoms. The number of benzene rings is 1. The Kier molecular flexibility index (Phi) is 5.93. The highest BCUT2D eigenvalue weighted by molar-refractivity contribution is 5.85. The first kappa shape index (κ1) is 15.3. The molecule has 1 aromatic carbocycles. The van der Waals surface area contributed by atoms with Crippen LogP contribution in [0.2, 0.25) is 0 Å². The highest BCUT2D eigenvalue weighted by Crippen LogP contribution is 2.18. The lowest BCUT2D eigenvalue weighted by Gasteiger charge is -2.35. The number of ether oxygens (including phenoxy) is 1. The summed E-state index contributed by atoms with van der Waals surface area (Å²) in [7, 11) is 2.16.